The van der Waals surface area contributed by atoms with Crippen LogP contribution in [0.4, 0.5) is 53.5 Å². The summed E-state index contributed by atoms with van der Waals surface area (Å²) >= 11 is 0. The van der Waals surface area contributed by atoms with Crippen molar-refractivity contribution in [2.45, 2.75) is 104 Å². The Morgan fingerprint density at radius 3 is 0.947 bits per heavy atom. The van der Waals surface area contributed by atoms with E-state index in [9.17, 15) is 0 Å². The van der Waals surface area contributed by atoms with Gasteiger partial charge in [0.15, 0.2) is 0 Å². The van der Waals surface area contributed by atoms with Crippen molar-refractivity contribution < 1.29 is 28.4 Å². The van der Waals surface area contributed by atoms with Crippen molar-refractivity contribution in [2.24, 2.45) is 0 Å². The molecule has 24 nitrogen and oxygen atoms in total. The van der Waals surface area contributed by atoms with Crippen LogP contribution in [0.2, 0.25) is 0 Å². The Hall–Kier alpha value is -10.5. The van der Waals surface area contributed by atoms with Crippen molar-refractivity contribution in [1.29, 1.82) is 0 Å². The lowest BCUT2D eigenvalue weighted by atomic mass is 9.96. The normalized spacial score (nSPS) is 12.8. The van der Waals surface area contributed by atoms with Crippen molar-refractivity contribution in [2.75, 3.05) is 109 Å². The third-order valence-electron chi connectivity index (χ3n) is 15.2. The molecule has 1 aliphatic heterocycles. The quantitative estimate of drug-likeness (QED) is 0.0226. The maximum Gasteiger partial charge on any atom is 0.232 e. The molecule has 9 aromatic rings. The van der Waals surface area contributed by atoms with E-state index in [4.69, 9.17) is 28.4 Å². The first-order valence-electron chi connectivity index (χ1n) is 31.7. The number of nitrogens with zero attached hydrogens (tertiary/aromatic N) is 10. The molecule has 0 unspecified atom stereocenters. The Morgan fingerprint density at radius 1 is 0.372 bits per heavy atom. The molecule has 3 aromatic heterocycles. The van der Waals surface area contributed by atoms with Gasteiger partial charge in [-0.1, -0.05) is 110 Å². The summed E-state index contributed by atoms with van der Waals surface area (Å²) in [5.74, 6) is 9.11. The minimum absolute atomic E-state index is 0.219. The van der Waals surface area contributed by atoms with E-state index in [0.717, 1.165) is 82.5 Å². The van der Waals surface area contributed by atoms with Gasteiger partial charge in [-0.25, -0.2) is 0 Å². The molecule has 1 aliphatic carbocycles. The summed E-state index contributed by atoms with van der Waals surface area (Å²) < 4.78 is 31.6. The molecule has 94 heavy (non-hydrogen) atoms. The van der Waals surface area contributed by atoms with Gasteiger partial charge in [-0.2, -0.15) is 44.9 Å². The summed E-state index contributed by atoms with van der Waals surface area (Å²) in [5.41, 5.74) is 7.96. The fraction of sp³-hybridized carbons (Fsp3) is 0.357. The van der Waals surface area contributed by atoms with E-state index in [1.54, 1.807) is 35.5 Å². The predicted molar refractivity (Wildman–Crippen MR) is 372 cm³/mol. The number of morpholine rings is 1. The van der Waals surface area contributed by atoms with E-state index in [2.05, 4.69) is 123 Å². The van der Waals surface area contributed by atoms with E-state index in [0.29, 0.717) is 112 Å². The predicted octanol–water partition coefficient (Wildman–Crippen LogP) is 12.0. The number of nitrogens with one attached hydrogen (secondary N) is 8. The van der Waals surface area contributed by atoms with Crippen molar-refractivity contribution in [3.63, 3.8) is 0 Å². The number of methoxy groups -OCH3 is 5. The third kappa shape index (κ3) is 22.4. The van der Waals surface area contributed by atoms with Gasteiger partial charge < -0.3 is 75.9 Å². The fourth-order valence-electron chi connectivity index (χ4n) is 9.82. The maximum absolute atomic E-state index is 5.47. The van der Waals surface area contributed by atoms with Crippen LogP contribution in [0.25, 0.3) is 0 Å². The van der Waals surface area contributed by atoms with Gasteiger partial charge >= 0.3 is 0 Å². The highest BCUT2D eigenvalue weighted by Crippen LogP contribution is 2.24. The van der Waals surface area contributed by atoms with Crippen LogP contribution in [0.5, 0.6) is 28.7 Å². The van der Waals surface area contributed by atoms with E-state index in [1.807, 2.05) is 135 Å². The van der Waals surface area contributed by atoms with Gasteiger partial charge in [-0.3, -0.25) is 0 Å². The second-order valence-corrected chi connectivity index (χ2v) is 22.6. The average molecular weight is 1280 g/mol. The number of anilines is 9. The van der Waals surface area contributed by atoms with Gasteiger partial charge in [0.1, 0.15) is 28.7 Å². The molecule has 494 valence electrons. The van der Waals surface area contributed by atoms with Crippen molar-refractivity contribution in [3.8, 4) is 28.7 Å². The van der Waals surface area contributed by atoms with Gasteiger partial charge in [0, 0.05) is 64.4 Å². The lowest BCUT2D eigenvalue weighted by Gasteiger charge is -2.27. The number of hydrogen-bond acceptors (Lipinski definition) is 24. The van der Waals surface area contributed by atoms with E-state index in [-0.39, 0.29) is 6.04 Å². The molecule has 1 saturated carbocycles. The molecule has 2 fully saturated rings. The largest absolute Gasteiger partial charge is 0.497 e. The van der Waals surface area contributed by atoms with Crippen LogP contribution < -0.4 is 71.1 Å². The summed E-state index contributed by atoms with van der Waals surface area (Å²) in [6.45, 7) is 12.6. The Balaban J connectivity index is 0.000000166. The lowest BCUT2D eigenvalue weighted by molar-refractivity contribution is 0.122. The fourth-order valence-corrected chi connectivity index (χ4v) is 9.82. The molecular formula is C70H88N18O6. The SMILES string of the molecule is COc1ccc(CNc2nc(NCc3ccc(C)cc3)nc(NC(C)C)n2)cc1.COc1ccc(CNc2nc(NCc3ccc(OC)cc3)nc(N3CCOCC3)n2)cc1.COc1ccc(CNc2nc(NCc3ccc(OC)cc3)nc(NC3CCCCC3)n2)cc1. The number of ether oxygens (including phenoxy) is 6. The van der Waals surface area contributed by atoms with Crippen LogP contribution >= 0.6 is 0 Å². The van der Waals surface area contributed by atoms with Crippen molar-refractivity contribution >= 4 is 53.5 Å². The summed E-state index contributed by atoms with van der Waals surface area (Å²) in [5, 5.41) is 26.6. The lowest BCUT2D eigenvalue weighted by Crippen LogP contribution is -2.37. The van der Waals surface area contributed by atoms with E-state index < -0.39 is 0 Å². The molecule has 4 heterocycles. The van der Waals surface area contributed by atoms with E-state index >= 15 is 0 Å². The summed E-state index contributed by atoms with van der Waals surface area (Å²) in [4.78, 5) is 43.3. The Labute approximate surface area is 551 Å². The third-order valence-corrected chi connectivity index (χ3v) is 15.2. The Kier molecular flexibility index (Phi) is 26.0. The minimum Gasteiger partial charge on any atom is -0.497 e. The van der Waals surface area contributed by atoms with Crippen LogP contribution in [-0.4, -0.2) is 119 Å². The van der Waals surface area contributed by atoms with Crippen molar-refractivity contribution in [1.82, 2.24) is 44.9 Å². The van der Waals surface area contributed by atoms with Crippen molar-refractivity contribution in [3.05, 3.63) is 185 Å². The molecule has 11 rings (SSSR count). The van der Waals surface area contributed by atoms with Gasteiger partial charge in [-0.05, 0) is 128 Å². The molecule has 8 N–H and O–H groups in total. The Morgan fingerprint density at radius 2 is 0.649 bits per heavy atom. The number of aryl methyl sites for hydroxylation is 1. The van der Waals surface area contributed by atoms with Crippen LogP contribution in [0.15, 0.2) is 146 Å². The van der Waals surface area contributed by atoms with Crippen LogP contribution in [-0.2, 0) is 44.0 Å². The summed E-state index contributed by atoms with van der Waals surface area (Å²) in [6, 6.07) is 48.6. The standard InChI is InChI=1S/C25H32N6O2.C23H28N6O3.C22H28N6O/c1-32-21-12-8-18(9-13-21)16-26-23-29-24(27-17-19-10-14-22(33-2)15-11-19)31-25(30-23)28-20-6-4-3-5-7-20;1-30-19-7-3-17(4-8-19)15-24-21-26-22(25-16-18-5-9-20(31-2)10-6-18)28-23(27-21)29-11-13-32-14-12-29;1-15(2)25-22-27-20(23-13-17-7-5-16(3)6-8-17)26-21(28-22)24-14-18-9-11-19(29-4)12-10-18/h8-15,20H,3-7,16-17H2,1-2H3,(H3,26,27,28,29,30,31);3-10H,11-16H2,1-2H3,(H2,24,25,26,27,28);5-12,15H,13-14H2,1-4H3,(H3,23,24,25,26,27,28). The smallest absolute Gasteiger partial charge is 0.232 e. The molecule has 0 bridgehead atoms. The molecule has 6 aromatic carbocycles. The molecule has 0 atom stereocenters. The highest BCUT2D eigenvalue weighted by molar-refractivity contribution is 5.48. The van der Waals surface area contributed by atoms with Crippen LogP contribution in [0.3, 0.4) is 0 Å². The number of rotatable bonds is 28. The first-order valence-corrected chi connectivity index (χ1v) is 31.7. The van der Waals surface area contributed by atoms with Gasteiger partial charge in [0.2, 0.25) is 53.5 Å². The van der Waals surface area contributed by atoms with Gasteiger partial charge in [0.05, 0.1) is 48.8 Å². The number of aromatic nitrogens is 9. The monoisotopic (exact) mass is 1280 g/mol. The molecular weight excluding hydrogens is 1190 g/mol. The first-order chi connectivity index (χ1) is 46.0. The molecule has 24 heteroatoms. The number of hydrogen-bond donors (Lipinski definition) is 8. The molecule has 2 aliphatic rings. The number of benzene rings is 6. The van der Waals surface area contributed by atoms with Crippen LogP contribution in [0, 0.1) is 6.92 Å². The van der Waals surface area contributed by atoms with E-state index in [1.165, 1.54) is 30.4 Å². The molecule has 0 radical (unpaired) electrons. The summed E-state index contributed by atoms with van der Waals surface area (Å²) in [6.07, 6.45) is 6.09. The highest BCUT2D eigenvalue weighted by Gasteiger charge is 2.19. The zero-order chi connectivity index (χ0) is 65.7. The summed E-state index contributed by atoms with van der Waals surface area (Å²) in [7, 11) is 8.31. The average Bonchev–Trinajstić information content (AvgIpc) is 1.79. The maximum atomic E-state index is 5.47. The first kappa shape index (κ1) is 67.9. The minimum atomic E-state index is 0.219. The second-order valence-electron chi connectivity index (χ2n) is 22.6. The second kappa shape index (κ2) is 35.9. The zero-order valence-electron chi connectivity index (χ0n) is 55.0. The van der Waals surface area contributed by atoms with Gasteiger partial charge in [0.25, 0.3) is 0 Å². The zero-order valence-corrected chi connectivity index (χ0v) is 55.0. The molecule has 1 saturated heterocycles. The molecule has 0 amide bonds. The molecule has 0 spiro atoms. The van der Waals surface area contributed by atoms with Gasteiger partial charge in [-0.15, -0.1) is 0 Å². The Bertz CT molecular complexity index is 3540. The highest BCUT2D eigenvalue weighted by atomic mass is 16.5. The van der Waals surface area contributed by atoms with Crippen LogP contribution in [0.1, 0.15) is 84.9 Å². The topological polar surface area (TPSA) is 271 Å².